The van der Waals surface area contributed by atoms with Crippen molar-refractivity contribution in [2.24, 2.45) is 0 Å². The van der Waals surface area contributed by atoms with E-state index in [1.807, 2.05) is 0 Å². The predicted molar refractivity (Wildman–Crippen MR) is 326 cm³/mol. The fourth-order valence-electron chi connectivity index (χ4n) is 12.4. The van der Waals surface area contributed by atoms with Crippen LogP contribution in [0.3, 0.4) is 0 Å². The lowest BCUT2D eigenvalue weighted by Crippen LogP contribution is -2.57. The van der Waals surface area contributed by atoms with Crippen molar-refractivity contribution in [3.05, 3.63) is 191 Å². The molecule has 0 atom stereocenters. The van der Waals surface area contributed by atoms with Crippen LogP contribution in [0.15, 0.2) is 158 Å². The van der Waals surface area contributed by atoms with E-state index in [2.05, 4.69) is 282 Å². The molecule has 0 amide bonds. The lowest BCUT2D eigenvalue weighted by molar-refractivity contribution is 0.589. The van der Waals surface area contributed by atoms with Crippen molar-refractivity contribution in [3.8, 4) is 39.2 Å². The van der Waals surface area contributed by atoms with E-state index in [1.165, 1.54) is 133 Å². The Kier molecular flexibility index (Phi) is 10.7. The first-order chi connectivity index (χ1) is 35.3. The number of nitrogens with zero attached hydrogens (tertiary/aromatic N) is 3. The van der Waals surface area contributed by atoms with Crippen LogP contribution in [-0.4, -0.2) is 15.9 Å². The maximum atomic E-state index is 2.80. The SMILES string of the molecule is Cc1ccccc1-c1c(-c2ccccc2)n2c3c(cc(C(C)(C)C)cc13)-c1cc(C(C)(C)C)cc3c1B2c1cc2c4cc(C(C)(C)C)ccc4n(-c4ccc(C(C)(C)C)cc4)c2cc1N3c1ccc(C(C)(C)C)cc1. The Bertz CT molecular complexity index is 3940. The van der Waals surface area contributed by atoms with Gasteiger partial charge in [-0.2, -0.15) is 0 Å². The van der Waals surface area contributed by atoms with Crippen LogP contribution in [0.2, 0.25) is 0 Å². The van der Waals surface area contributed by atoms with Crippen LogP contribution in [0.1, 0.15) is 137 Å². The molecule has 4 heteroatoms. The largest absolute Gasteiger partial charge is 0.375 e. The van der Waals surface area contributed by atoms with Crippen molar-refractivity contribution < 1.29 is 0 Å². The van der Waals surface area contributed by atoms with Gasteiger partial charge in [-0.1, -0.05) is 201 Å². The van der Waals surface area contributed by atoms with Gasteiger partial charge in [0.1, 0.15) is 0 Å². The van der Waals surface area contributed by atoms with Crippen molar-refractivity contribution in [2.75, 3.05) is 4.90 Å². The van der Waals surface area contributed by atoms with E-state index >= 15 is 0 Å². The van der Waals surface area contributed by atoms with E-state index in [1.54, 1.807) is 0 Å². The first-order valence-corrected chi connectivity index (χ1v) is 27.5. The van der Waals surface area contributed by atoms with Crippen molar-refractivity contribution in [2.45, 2.75) is 138 Å². The molecule has 2 aliphatic heterocycles. The Labute approximate surface area is 447 Å². The van der Waals surface area contributed by atoms with E-state index in [4.69, 9.17) is 0 Å². The molecule has 75 heavy (non-hydrogen) atoms. The number of hydrogen-bond donors (Lipinski definition) is 0. The summed E-state index contributed by atoms with van der Waals surface area (Å²) in [7, 11) is 0. The van der Waals surface area contributed by atoms with Gasteiger partial charge in [0.25, 0.3) is 0 Å². The van der Waals surface area contributed by atoms with Gasteiger partial charge in [0.2, 0.25) is 0 Å². The summed E-state index contributed by atoms with van der Waals surface area (Å²) in [6, 6.07) is 61.9. The van der Waals surface area contributed by atoms with Gasteiger partial charge in [0.15, 0.2) is 0 Å². The number of aromatic nitrogens is 2. The predicted octanol–water partition coefficient (Wildman–Crippen LogP) is 18.3. The third kappa shape index (κ3) is 7.75. The second-order valence-corrected chi connectivity index (χ2v) is 27.2. The zero-order valence-corrected chi connectivity index (χ0v) is 47.4. The van der Waals surface area contributed by atoms with E-state index in [9.17, 15) is 0 Å². The first kappa shape index (κ1) is 48.9. The lowest BCUT2D eigenvalue weighted by atomic mass is 9.44. The van der Waals surface area contributed by atoms with Crippen LogP contribution in [-0.2, 0) is 27.1 Å². The Morgan fingerprint density at radius 3 is 1.51 bits per heavy atom. The van der Waals surface area contributed by atoms with Gasteiger partial charge < -0.3 is 13.9 Å². The Morgan fingerprint density at radius 1 is 0.387 bits per heavy atom. The monoisotopic (exact) mass is 980 g/mol. The van der Waals surface area contributed by atoms with Crippen LogP contribution in [0.5, 0.6) is 0 Å². The number of hydrogen-bond acceptors (Lipinski definition) is 1. The quantitative estimate of drug-likeness (QED) is 0.160. The van der Waals surface area contributed by atoms with Gasteiger partial charge in [0, 0.05) is 61.2 Å². The van der Waals surface area contributed by atoms with Crippen LogP contribution in [0, 0.1) is 6.92 Å². The van der Waals surface area contributed by atoms with Gasteiger partial charge in [-0.05, 0) is 156 Å². The fraction of sp³-hybridized carbons (Fsp3) is 0.296. The molecule has 0 unspecified atom stereocenters. The Hall–Kier alpha value is -7.04. The number of fused-ring (bicyclic) bond motifs is 7. The zero-order valence-electron chi connectivity index (χ0n) is 47.4. The summed E-state index contributed by atoms with van der Waals surface area (Å²) in [6.45, 7) is 37.3. The molecule has 8 aromatic carbocycles. The molecule has 0 saturated carbocycles. The maximum Gasteiger partial charge on any atom is 0.333 e. The summed E-state index contributed by atoms with van der Waals surface area (Å²) in [4.78, 5) is 2.64. The van der Waals surface area contributed by atoms with E-state index < -0.39 is 0 Å². The topological polar surface area (TPSA) is 13.1 Å². The smallest absolute Gasteiger partial charge is 0.333 e. The molecule has 0 aliphatic carbocycles. The number of rotatable bonds is 4. The fourth-order valence-corrected chi connectivity index (χ4v) is 12.4. The molecule has 3 nitrogen and oxygen atoms in total. The zero-order chi connectivity index (χ0) is 53.1. The lowest BCUT2D eigenvalue weighted by Gasteiger charge is -2.42. The normalized spacial score (nSPS) is 13.8. The molecular formula is C71H74BN3. The Balaban J connectivity index is 1.30. The molecule has 0 fully saturated rings. The van der Waals surface area contributed by atoms with E-state index in [0.29, 0.717) is 0 Å². The van der Waals surface area contributed by atoms with Crippen molar-refractivity contribution >= 4 is 67.5 Å². The van der Waals surface area contributed by atoms with Gasteiger partial charge in [-0.3, -0.25) is 0 Å². The van der Waals surface area contributed by atoms with Crippen LogP contribution in [0.25, 0.3) is 71.9 Å². The minimum atomic E-state index is -0.160. The van der Waals surface area contributed by atoms with Crippen LogP contribution in [0.4, 0.5) is 17.1 Å². The molecule has 2 aromatic heterocycles. The Morgan fingerprint density at radius 2 is 0.907 bits per heavy atom. The number of benzene rings is 8. The van der Waals surface area contributed by atoms with Crippen molar-refractivity contribution in [1.29, 1.82) is 0 Å². The average molecular weight is 980 g/mol. The minimum Gasteiger partial charge on any atom is -0.375 e. The maximum absolute atomic E-state index is 2.80. The highest BCUT2D eigenvalue weighted by molar-refractivity contribution is 6.90. The summed E-state index contributed by atoms with van der Waals surface area (Å²) in [6.07, 6.45) is 0. The second-order valence-electron chi connectivity index (χ2n) is 27.2. The highest BCUT2D eigenvalue weighted by atomic mass is 15.2. The van der Waals surface area contributed by atoms with Crippen molar-refractivity contribution in [1.82, 2.24) is 9.05 Å². The number of aryl methyl sites for hydroxylation is 1. The van der Waals surface area contributed by atoms with E-state index in [0.717, 1.165) is 0 Å². The van der Waals surface area contributed by atoms with Gasteiger partial charge in [-0.15, -0.1) is 0 Å². The third-order valence-corrected chi connectivity index (χ3v) is 16.8. The molecule has 0 bridgehead atoms. The van der Waals surface area contributed by atoms with Crippen molar-refractivity contribution in [3.63, 3.8) is 0 Å². The molecule has 0 radical (unpaired) electrons. The molecule has 4 heterocycles. The highest BCUT2D eigenvalue weighted by Crippen LogP contribution is 2.53. The number of anilines is 3. The van der Waals surface area contributed by atoms with Gasteiger partial charge in [-0.25, -0.2) is 0 Å². The highest BCUT2D eigenvalue weighted by Gasteiger charge is 2.46. The molecule has 376 valence electrons. The van der Waals surface area contributed by atoms with E-state index in [-0.39, 0.29) is 33.9 Å². The second kappa shape index (κ2) is 16.5. The van der Waals surface area contributed by atoms with Crippen LogP contribution < -0.4 is 15.8 Å². The molecule has 12 rings (SSSR count). The molecule has 10 aromatic rings. The standard InChI is InChI=1S/C71H74BN3/c1-43-22-20-21-25-52(43)63-57-39-48(70(11,12)13)38-56-55-37-49(71(14,15)16)40-62-64(55)72(75(66(56)57)65(63)44-23-18-17-19-24-44)58-41-54-53-36-47(69(8,9)10)30-35-59(53)73(50-31-26-45(27-32-50)67(2,3)4)60(54)42-61(58)74(62)51-33-28-46(29-34-51)68(5,6)7/h17-42H,1-16H3. The summed E-state index contributed by atoms with van der Waals surface area (Å²) < 4.78 is 5.34. The minimum absolute atomic E-state index is 0.00716. The molecular weight excluding hydrogens is 906 g/mol. The van der Waals surface area contributed by atoms with Crippen LogP contribution >= 0.6 is 0 Å². The average Bonchev–Trinajstić information content (AvgIpc) is 3.97. The summed E-state index contributed by atoms with van der Waals surface area (Å²) in [5.41, 5.74) is 26.6. The summed E-state index contributed by atoms with van der Waals surface area (Å²) >= 11 is 0. The molecule has 0 saturated heterocycles. The molecule has 0 spiro atoms. The molecule has 2 aliphatic rings. The van der Waals surface area contributed by atoms with Gasteiger partial charge in [0.05, 0.1) is 11.0 Å². The molecule has 0 N–H and O–H groups in total. The van der Waals surface area contributed by atoms with Gasteiger partial charge >= 0.3 is 6.85 Å². The third-order valence-electron chi connectivity index (χ3n) is 16.8. The summed E-state index contributed by atoms with van der Waals surface area (Å²) in [5.74, 6) is 0. The summed E-state index contributed by atoms with van der Waals surface area (Å²) in [5, 5.41) is 3.86. The first-order valence-electron chi connectivity index (χ1n) is 27.5.